The first kappa shape index (κ1) is 22.1. The summed E-state index contributed by atoms with van der Waals surface area (Å²) < 4.78 is 40.6. The monoisotopic (exact) mass is 442 g/mol. The molecule has 1 fully saturated rings. The molecule has 1 N–H and O–H groups in total. The minimum atomic E-state index is -4.54. The van der Waals surface area contributed by atoms with Gasteiger partial charge >= 0.3 is 6.18 Å². The zero-order chi connectivity index (χ0) is 22.1. The Morgan fingerprint density at radius 3 is 2.70 bits per heavy atom. The van der Waals surface area contributed by atoms with Crippen molar-refractivity contribution in [1.82, 2.24) is 14.7 Å². The highest BCUT2D eigenvalue weighted by molar-refractivity contribution is 6.32. The molecule has 6 nitrogen and oxygen atoms in total. The lowest BCUT2D eigenvalue weighted by molar-refractivity contribution is -0.137. The number of benzene rings is 1. The highest BCUT2D eigenvalue weighted by Crippen LogP contribution is 2.34. The van der Waals surface area contributed by atoms with Crippen LogP contribution in [0.5, 0.6) is 0 Å². The van der Waals surface area contributed by atoms with Gasteiger partial charge in [0.1, 0.15) is 5.82 Å². The molecule has 3 rings (SSSR count). The van der Waals surface area contributed by atoms with Crippen molar-refractivity contribution in [2.24, 2.45) is 5.92 Å². The van der Waals surface area contributed by atoms with Crippen molar-refractivity contribution in [2.45, 2.75) is 39.3 Å². The van der Waals surface area contributed by atoms with Crippen LogP contribution in [0, 0.1) is 12.8 Å². The zero-order valence-corrected chi connectivity index (χ0v) is 17.3. The molecule has 0 aliphatic carbocycles. The van der Waals surface area contributed by atoms with Crippen molar-refractivity contribution >= 4 is 29.2 Å². The lowest BCUT2D eigenvalue weighted by Crippen LogP contribution is -2.43. The average molecular weight is 443 g/mol. The molecule has 2 aromatic rings. The van der Waals surface area contributed by atoms with E-state index in [0.29, 0.717) is 38.0 Å². The van der Waals surface area contributed by atoms with E-state index >= 15 is 0 Å². The summed E-state index contributed by atoms with van der Waals surface area (Å²) in [6.07, 6.45) is -2.84. The summed E-state index contributed by atoms with van der Waals surface area (Å²) in [7, 11) is 0. The summed E-state index contributed by atoms with van der Waals surface area (Å²) in [5.74, 6) is -0.510. The highest BCUT2D eigenvalue weighted by atomic mass is 35.5. The van der Waals surface area contributed by atoms with Gasteiger partial charge in [0, 0.05) is 25.6 Å². The van der Waals surface area contributed by atoms with Crippen LogP contribution in [0.15, 0.2) is 24.3 Å². The van der Waals surface area contributed by atoms with Crippen molar-refractivity contribution in [3.05, 3.63) is 40.5 Å². The van der Waals surface area contributed by atoms with Gasteiger partial charge in [-0.3, -0.25) is 9.59 Å². The quantitative estimate of drug-likeness (QED) is 0.761. The lowest BCUT2D eigenvalue weighted by atomic mass is 9.97. The Labute approximate surface area is 177 Å². The third kappa shape index (κ3) is 4.77. The Hall–Kier alpha value is -2.55. The molecular formula is C20H22ClF3N4O2. The molecule has 0 bridgehead atoms. The first-order chi connectivity index (χ1) is 14.1. The minimum absolute atomic E-state index is 0.0101. The van der Waals surface area contributed by atoms with Crippen LogP contribution in [0.2, 0.25) is 5.02 Å². The summed E-state index contributed by atoms with van der Waals surface area (Å²) in [6, 6.07) is 4.50. The predicted octanol–water partition coefficient (Wildman–Crippen LogP) is 4.44. The average Bonchev–Trinajstić information content (AvgIpc) is 3.06. The van der Waals surface area contributed by atoms with Gasteiger partial charge in [0.25, 0.3) is 0 Å². The van der Waals surface area contributed by atoms with Gasteiger partial charge in [-0.15, -0.1) is 0 Å². The fourth-order valence-electron chi connectivity index (χ4n) is 3.49. The number of nitrogens with one attached hydrogen (secondary N) is 1. The van der Waals surface area contributed by atoms with E-state index in [-0.39, 0.29) is 28.3 Å². The fourth-order valence-corrected chi connectivity index (χ4v) is 3.69. The van der Waals surface area contributed by atoms with E-state index in [1.54, 1.807) is 24.8 Å². The number of nitrogens with zero attached hydrogens (tertiary/aromatic N) is 3. The van der Waals surface area contributed by atoms with Gasteiger partial charge < -0.3 is 10.2 Å². The zero-order valence-electron chi connectivity index (χ0n) is 16.6. The molecule has 0 saturated carbocycles. The number of rotatable bonds is 4. The molecule has 2 amide bonds. The summed E-state index contributed by atoms with van der Waals surface area (Å²) >= 11 is 6.13. The number of piperidine rings is 1. The van der Waals surface area contributed by atoms with Gasteiger partial charge in [-0.25, -0.2) is 4.68 Å². The summed E-state index contributed by atoms with van der Waals surface area (Å²) in [4.78, 5) is 26.5. The van der Waals surface area contributed by atoms with Crippen LogP contribution in [0.3, 0.4) is 0 Å². The summed E-state index contributed by atoms with van der Waals surface area (Å²) in [6.45, 7) is 4.37. The Bertz CT molecular complexity index is 958. The van der Waals surface area contributed by atoms with Crippen molar-refractivity contribution in [1.29, 1.82) is 0 Å². The highest BCUT2D eigenvalue weighted by Gasteiger charge is 2.32. The van der Waals surface area contributed by atoms with E-state index in [1.165, 1.54) is 4.68 Å². The number of aromatic nitrogens is 2. The van der Waals surface area contributed by atoms with E-state index in [9.17, 15) is 22.8 Å². The topological polar surface area (TPSA) is 67.2 Å². The standard InChI is InChI=1S/C20H22ClF3N4O2/c1-3-18(29)27-8-4-5-13(11-27)19(30)25-17-9-12(2)26-28(17)16-10-14(20(22,23)24)6-7-15(16)21/h6-7,9-10,13H,3-5,8,11H2,1-2H3,(H,25,30). The molecule has 1 saturated heterocycles. The van der Waals surface area contributed by atoms with Crippen molar-refractivity contribution in [3.8, 4) is 5.69 Å². The normalized spacial score (nSPS) is 17.1. The van der Waals surface area contributed by atoms with E-state index in [1.807, 2.05) is 0 Å². The molecule has 2 heterocycles. The molecule has 1 aliphatic heterocycles. The first-order valence-corrected chi connectivity index (χ1v) is 10.0. The Morgan fingerprint density at radius 1 is 1.30 bits per heavy atom. The molecule has 162 valence electrons. The molecule has 0 spiro atoms. The molecule has 1 atom stereocenters. The van der Waals surface area contributed by atoms with E-state index in [2.05, 4.69) is 10.4 Å². The number of likely N-dealkylation sites (tertiary alicyclic amines) is 1. The number of carbonyl (C=O) groups is 2. The van der Waals surface area contributed by atoms with Crippen LogP contribution in [0.1, 0.15) is 37.4 Å². The van der Waals surface area contributed by atoms with Crippen LogP contribution in [-0.2, 0) is 15.8 Å². The molecule has 0 radical (unpaired) electrons. The Balaban J connectivity index is 1.86. The van der Waals surface area contributed by atoms with E-state index < -0.39 is 17.7 Å². The van der Waals surface area contributed by atoms with Crippen LogP contribution in [-0.4, -0.2) is 39.6 Å². The molecule has 1 aromatic heterocycles. The predicted molar refractivity (Wildman–Crippen MR) is 107 cm³/mol. The van der Waals surface area contributed by atoms with Crippen molar-refractivity contribution < 1.29 is 22.8 Å². The third-order valence-corrected chi connectivity index (χ3v) is 5.35. The molecule has 1 aliphatic rings. The smallest absolute Gasteiger partial charge is 0.342 e. The van der Waals surface area contributed by atoms with Crippen molar-refractivity contribution in [3.63, 3.8) is 0 Å². The SMILES string of the molecule is CCC(=O)N1CCCC(C(=O)Nc2cc(C)nn2-c2cc(C(F)(F)F)ccc2Cl)C1. The van der Waals surface area contributed by atoms with Gasteiger partial charge in [0.15, 0.2) is 0 Å². The molecule has 1 aromatic carbocycles. The fraction of sp³-hybridized carbons (Fsp3) is 0.450. The Kier molecular flexibility index (Phi) is 6.40. The number of hydrogen-bond acceptors (Lipinski definition) is 3. The van der Waals surface area contributed by atoms with Gasteiger partial charge in [0.2, 0.25) is 11.8 Å². The number of anilines is 1. The molecular weight excluding hydrogens is 421 g/mol. The number of hydrogen-bond donors (Lipinski definition) is 1. The number of amides is 2. The van der Waals surface area contributed by atoms with Crippen molar-refractivity contribution in [2.75, 3.05) is 18.4 Å². The van der Waals surface area contributed by atoms with Gasteiger partial charge in [-0.2, -0.15) is 18.3 Å². The second kappa shape index (κ2) is 8.67. The maximum absolute atomic E-state index is 13.1. The van der Waals surface area contributed by atoms with Crippen LogP contribution >= 0.6 is 11.6 Å². The summed E-state index contributed by atoms with van der Waals surface area (Å²) in [5.41, 5.74) is -0.347. The number of aryl methyl sites for hydroxylation is 1. The maximum Gasteiger partial charge on any atom is 0.416 e. The maximum atomic E-state index is 13.1. The summed E-state index contributed by atoms with van der Waals surface area (Å²) in [5, 5.41) is 7.02. The van der Waals surface area contributed by atoms with E-state index in [4.69, 9.17) is 11.6 Å². The molecule has 30 heavy (non-hydrogen) atoms. The van der Waals surface area contributed by atoms with Crippen LogP contribution in [0.4, 0.5) is 19.0 Å². The number of carbonyl (C=O) groups excluding carboxylic acids is 2. The largest absolute Gasteiger partial charge is 0.416 e. The molecule has 10 heteroatoms. The molecule has 1 unspecified atom stereocenters. The number of halogens is 4. The van der Waals surface area contributed by atoms with Gasteiger partial charge in [-0.1, -0.05) is 18.5 Å². The minimum Gasteiger partial charge on any atom is -0.342 e. The van der Waals surface area contributed by atoms with Crippen LogP contribution in [0.25, 0.3) is 5.69 Å². The van der Waals surface area contributed by atoms with Gasteiger partial charge in [0.05, 0.1) is 27.9 Å². The lowest BCUT2D eigenvalue weighted by Gasteiger charge is -2.31. The first-order valence-electron chi connectivity index (χ1n) is 9.62. The second-order valence-electron chi connectivity index (χ2n) is 7.27. The van der Waals surface area contributed by atoms with E-state index in [0.717, 1.165) is 18.2 Å². The third-order valence-electron chi connectivity index (χ3n) is 5.03. The van der Waals surface area contributed by atoms with Crippen LogP contribution < -0.4 is 5.32 Å². The van der Waals surface area contributed by atoms with Gasteiger partial charge in [-0.05, 0) is 38.0 Å². The second-order valence-corrected chi connectivity index (χ2v) is 7.68. The number of alkyl halides is 3. The Morgan fingerprint density at radius 2 is 2.03 bits per heavy atom.